The molecular weight excluding hydrogens is 242 g/mol. The fourth-order valence-electron chi connectivity index (χ4n) is 1.83. The molecule has 0 amide bonds. The fourth-order valence-corrected chi connectivity index (χ4v) is 1.83. The van der Waals surface area contributed by atoms with Crippen molar-refractivity contribution in [1.82, 2.24) is 9.55 Å². The molecule has 1 aromatic carbocycles. The maximum Gasteiger partial charge on any atom is 0.334 e. The average molecular weight is 259 g/mol. The van der Waals surface area contributed by atoms with E-state index < -0.39 is 6.04 Å². The van der Waals surface area contributed by atoms with Gasteiger partial charge in [0.15, 0.2) is 6.04 Å². The summed E-state index contributed by atoms with van der Waals surface area (Å²) in [4.78, 5) is 16.1. The average Bonchev–Trinajstić information content (AvgIpc) is 2.83. The Labute approximate surface area is 112 Å². The van der Waals surface area contributed by atoms with Crippen LogP contribution in [0, 0.1) is 0 Å². The Balaban J connectivity index is 2.25. The number of aromatic nitrogens is 2. The highest BCUT2D eigenvalue weighted by atomic mass is 16.5. The monoisotopic (exact) mass is 259 g/mol. The van der Waals surface area contributed by atoms with Crippen LogP contribution in [-0.4, -0.2) is 22.1 Å². The molecule has 0 fully saturated rings. The number of carbonyl (C=O) groups is 1. The summed E-state index contributed by atoms with van der Waals surface area (Å²) in [6.45, 7) is 2.14. The molecule has 0 bridgehead atoms. The number of benzene rings is 1. The molecule has 1 atom stereocenters. The first-order valence-electron chi connectivity index (χ1n) is 6.16. The lowest BCUT2D eigenvalue weighted by molar-refractivity contribution is -0.144. The number of aryl methyl sites for hydroxylation is 1. The van der Waals surface area contributed by atoms with E-state index in [1.807, 2.05) is 37.4 Å². The third kappa shape index (κ3) is 3.13. The van der Waals surface area contributed by atoms with Gasteiger partial charge < -0.3 is 14.6 Å². The van der Waals surface area contributed by atoms with Gasteiger partial charge in [0.1, 0.15) is 0 Å². The molecule has 5 heteroatoms. The Bertz CT molecular complexity index is 537. The molecule has 0 aliphatic rings. The van der Waals surface area contributed by atoms with E-state index in [9.17, 15) is 4.79 Å². The minimum absolute atomic E-state index is 0.310. The minimum Gasteiger partial charge on any atom is -0.464 e. The largest absolute Gasteiger partial charge is 0.464 e. The second kappa shape index (κ2) is 6.04. The molecule has 0 aliphatic heterocycles. The molecular formula is C14H17N3O2. The van der Waals surface area contributed by atoms with Gasteiger partial charge in [-0.2, -0.15) is 0 Å². The van der Waals surface area contributed by atoms with Gasteiger partial charge in [-0.25, -0.2) is 9.78 Å². The number of hydrogen-bond donors (Lipinski definition) is 1. The topological polar surface area (TPSA) is 56.1 Å². The van der Waals surface area contributed by atoms with Crippen LogP contribution in [-0.2, 0) is 16.6 Å². The van der Waals surface area contributed by atoms with Gasteiger partial charge >= 0.3 is 5.97 Å². The normalized spacial score (nSPS) is 11.9. The summed E-state index contributed by atoms with van der Waals surface area (Å²) in [6.07, 6.45) is 3.33. The zero-order chi connectivity index (χ0) is 13.7. The molecule has 2 aromatic rings. The van der Waals surface area contributed by atoms with Crippen LogP contribution in [0.4, 0.5) is 5.69 Å². The van der Waals surface area contributed by atoms with Crippen molar-refractivity contribution in [2.45, 2.75) is 13.0 Å². The van der Waals surface area contributed by atoms with Crippen molar-refractivity contribution >= 4 is 11.7 Å². The zero-order valence-electron chi connectivity index (χ0n) is 11.0. The number of para-hydroxylation sites is 1. The first kappa shape index (κ1) is 13.1. The van der Waals surface area contributed by atoms with E-state index >= 15 is 0 Å². The Kier molecular flexibility index (Phi) is 4.18. The lowest BCUT2D eigenvalue weighted by Gasteiger charge is -2.18. The molecule has 0 saturated carbocycles. The van der Waals surface area contributed by atoms with Crippen LogP contribution in [0.3, 0.4) is 0 Å². The minimum atomic E-state index is -0.560. The van der Waals surface area contributed by atoms with E-state index in [4.69, 9.17) is 4.74 Å². The highest BCUT2D eigenvalue weighted by Gasteiger charge is 2.24. The van der Waals surface area contributed by atoms with Crippen molar-refractivity contribution in [2.24, 2.45) is 7.05 Å². The molecule has 19 heavy (non-hydrogen) atoms. The Hall–Kier alpha value is -2.30. The number of rotatable bonds is 5. The van der Waals surface area contributed by atoms with Gasteiger partial charge in [-0.05, 0) is 19.1 Å². The van der Waals surface area contributed by atoms with Gasteiger partial charge in [-0.15, -0.1) is 0 Å². The van der Waals surface area contributed by atoms with Gasteiger partial charge in [0.05, 0.1) is 24.8 Å². The van der Waals surface area contributed by atoms with Crippen molar-refractivity contribution in [3.63, 3.8) is 0 Å². The number of carbonyl (C=O) groups excluding carboxylic acids is 1. The van der Waals surface area contributed by atoms with Gasteiger partial charge in [0.25, 0.3) is 0 Å². The number of nitrogens with zero attached hydrogens (tertiary/aromatic N) is 2. The first-order valence-corrected chi connectivity index (χ1v) is 6.16. The van der Waals surface area contributed by atoms with E-state index in [1.54, 1.807) is 24.0 Å². The summed E-state index contributed by atoms with van der Waals surface area (Å²) >= 11 is 0. The van der Waals surface area contributed by atoms with Crippen LogP contribution in [0.25, 0.3) is 0 Å². The maximum atomic E-state index is 12.1. The molecule has 100 valence electrons. The van der Waals surface area contributed by atoms with Crippen molar-refractivity contribution in [3.8, 4) is 0 Å². The summed E-state index contributed by atoms with van der Waals surface area (Å²) in [7, 11) is 1.85. The summed E-state index contributed by atoms with van der Waals surface area (Å²) in [6, 6.07) is 9.00. The molecule has 0 saturated heterocycles. The molecule has 0 radical (unpaired) electrons. The van der Waals surface area contributed by atoms with Gasteiger partial charge in [-0.1, -0.05) is 18.2 Å². The Morgan fingerprint density at radius 1 is 1.42 bits per heavy atom. The van der Waals surface area contributed by atoms with E-state index in [0.717, 1.165) is 11.4 Å². The van der Waals surface area contributed by atoms with Crippen molar-refractivity contribution in [1.29, 1.82) is 0 Å². The highest BCUT2D eigenvalue weighted by molar-refractivity contribution is 5.80. The molecule has 2 rings (SSSR count). The molecule has 1 unspecified atom stereocenters. The summed E-state index contributed by atoms with van der Waals surface area (Å²) < 4.78 is 6.92. The van der Waals surface area contributed by atoms with Crippen molar-refractivity contribution in [2.75, 3.05) is 11.9 Å². The van der Waals surface area contributed by atoms with Crippen LogP contribution >= 0.6 is 0 Å². The predicted octanol–water partition coefficient (Wildman–Crippen LogP) is 2.14. The van der Waals surface area contributed by atoms with Gasteiger partial charge in [0, 0.05) is 12.7 Å². The Morgan fingerprint density at radius 2 is 2.16 bits per heavy atom. The molecule has 0 aliphatic carbocycles. The van der Waals surface area contributed by atoms with Crippen LogP contribution in [0.5, 0.6) is 0 Å². The molecule has 1 heterocycles. The zero-order valence-corrected chi connectivity index (χ0v) is 11.0. The second-order valence-electron chi connectivity index (χ2n) is 4.12. The molecule has 1 N–H and O–H groups in total. The van der Waals surface area contributed by atoms with E-state index in [2.05, 4.69) is 10.3 Å². The van der Waals surface area contributed by atoms with E-state index in [0.29, 0.717) is 6.61 Å². The second-order valence-corrected chi connectivity index (χ2v) is 4.12. The van der Waals surface area contributed by atoms with Crippen LogP contribution < -0.4 is 5.32 Å². The van der Waals surface area contributed by atoms with Crippen LogP contribution in [0.1, 0.15) is 18.7 Å². The molecule has 5 nitrogen and oxygen atoms in total. The van der Waals surface area contributed by atoms with Gasteiger partial charge in [0.2, 0.25) is 0 Å². The number of ether oxygens (including phenoxy) is 1. The van der Waals surface area contributed by atoms with E-state index in [-0.39, 0.29) is 5.97 Å². The quantitative estimate of drug-likeness (QED) is 0.836. The summed E-state index contributed by atoms with van der Waals surface area (Å²) in [5, 5.41) is 3.17. The number of esters is 1. The summed E-state index contributed by atoms with van der Waals surface area (Å²) in [5.41, 5.74) is 1.63. The number of imidazole rings is 1. The Morgan fingerprint density at radius 3 is 2.74 bits per heavy atom. The summed E-state index contributed by atoms with van der Waals surface area (Å²) in [5.74, 6) is -0.310. The fraction of sp³-hybridized carbons (Fsp3) is 0.286. The highest BCUT2D eigenvalue weighted by Crippen LogP contribution is 2.20. The smallest absolute Gasteiger partial charge is 0.334 e. The lowest BCUT2D eigenvalue weighted by Crippen LogP contribution is -2.25. The SMILES string of the molecule is CCOC(=O)C(Nc1ccccc1)c1cncn1C. The third-order valence-corrected chi connectivity index (χ3v) is 2.76. The number of anilines is 1. The molecule has 1 aromatic heterocycles. The number of hydrogen-bond acceptors (Lipinski definition) is 4. The first-order chi connectivity index (χ1) is 9.22. The van der Waals surface area contributed by atoms with Crippen LogP contribution in [0.2, 0.25) is 0 Å². The van der Waals surface area contributed by atoms with Gasteiger partial charge in [-0.3, -0.25) is 0 Å². The third-order valence-electron chi connectivity index (χ3n) is 2.76. The lowest BCUT2D eigenvalue weighted by atomic mass is 10.2. The maximum absolute atomic E-state index is 12.1. The molecule has 0 spiro atoms. The van der Waals surface area contributed by atoms with Crippen molar-refractivity contribution < 1.29 is 9.53 Å². The standard InChI is InChI=1S/C14H17N3O2/c1-3-19-14(18)13(12-9-15-10-17(12)2)16-11-7-5-4-6-8-11/h4-10,13,16H,3H2,1-2H3. The van der Waals surface area contributed by atoms with E-state index in [1.165, 1.54) is 0 Å². The van der Waals surface area contributed by atoms with Crippen molar-refractivity contribution in [3.05, 3.63) is 48.5 Å². The van der Waals surface area contributed by atoms with Crippen LogP contribution in [0.15, 0.2) is 42.9 Å². The predicted molar refractivity (Wildman–Crippen MR) is 72.6 cm³/mol. The number of nitrogens with one attached hydrogen (secondary N) is 1.